The van der Waals surface area contributed by atoms with Crippen molar-refractivity contribution in [1.29, 1.82) is 0 Å². The number of nitrogens with zero attached hydrogens (tertiary/aromatic N) is 2. The molecule has 15 heavy (non-hydrogen) atoms. The van der Waals surface area contributed by atoms with Gasteiger partial charge in [-0.15, -0.1) is 0 Å². The van der Waals surface area contributed by atoms with Crippen molar-refractivity contribution >= 4 is 0 Å². The highest BCUT2D eigenvalue weighted by atomic mass is 16.3. The molecular weight excluding hydrogens is 188 g/mol. The zero-order valence-corrected chi connectivity index (χ0v) is 10.0. The molecule has 0 bridgehead atoms. The lowest BCUT2D eigenvalue weighted by molar-refractivity contribution is -0.0448. The van der Waals surface area contributed by atoms with E-state index in [4.69, 9.17) is 0 Å². The summed E-state index contributed by atoms with van der Waals surface area (Å²) in [6.07, 6.45) is 4.69. The van der Waals surface area contributed by atoms with E-state index in [1.54, 1.807) is 0 Å². The van der Waals surface area contributed by atoms with Crippen molar-refractivity contribution in [2.75, 3.05) is 19.6 Å². The molecule has 88 valence electrons. The van der Waals surface area contributed by atoms with Gasteiger partial charge in [-0.2, -0.15) is 0 Å². The van der Waals surface area contributed by atoms with Crippen LogP contribution in [-0.4, -0.2) is 52.9 Å². The molecule has 2 rings (SSSR count). The molecule has 2 heterocycles. The van der Waals surface area contributed by atoms with Crippen LogP contribution in [-0.2, 0) is 0 Å². The predicted molar refractivity (Wildman–Crippen MR) is 61.7 cm³/mol. The molecule has 0 aromatic heterocycles. The third-order valence-corrected chi connectivity index (χ3v) is 3.86. The van der Waals surface area contributed by atoms with Crippen molar-refractivity contribution in [3.05, 3.63) is 0 Å². The topological polar surface area (TPSA) is 26.7 Å². The van der Waals surface area contributed by atoms with Crippen LogP contribution in [0.3, 0.4) is 0 Å². The Morgan fingerprint density at radius 3 is 2.33 bits per heavy atom. The number of hydrogen-bond donors (Lipinski definition) is 1. The summed E-state index contributed by atoms with van der Waals surface area (Å²) in [7, 11) is 0. The van der Waals surface area contributed by atoms with Crippen LogP contribution in [0.1, 0.15) is 39.5 Å². The summed E-state index contributed by atoms with van der Waals surface area (Å²) in [5.74, 6) is 0. The first-order chi connectivity index (χ1) is 7.20. The maximum atomic E-state index is 10.4. The quantitative estimate of drug-likeness (QED) is 0.763. The standard InChI is InChI=1S/C12H24N2O/c1-10(2)14-9-5-6-11(14)12(15)13-7-3-4-8-13/h10-12,15H,3-9H2,1-2H3. The largest absolute Gasteiger partial charge is 0.377 e. The van der Waals surface area contributed by atoms with Crippen LogP contribution in [0, 0.1) is 0 Å². The van der Waals surface area contributed by atoms with E-state index < -0.39 is 0 Å². The lowest BCUT2D eigenvalue weighted by Gasteiger charge is -2.35. The van der Waals surface area contributed by atoms with Gasteiger partial charge in [-0.3, -0.25) is 9.80 Å². The zero-order valence-electron chi connectivity index (χ0n) is 10.0. The minimum absolute atomic E-state index is 0.225. The maximum absolute atomic E-state index is 10.4. The number of aliphatic hydroxyl groups is 1. The summed E-state index contributed by atoms with van der Waals surface area (Å²) >= 11 is 0. The monoisotopic (exact) mass is 212 g/mol. The zero-order chi connectivity index (χ0) is 10.8. The van der Waals surface area contributed by atoms with Crippen molar-refractivity contribution in [3.63, 3.8) is 0 Å². The predicted octanol–water partition coefficient (Wildman–Crippen LogP) is 1.27. The second-order valence-electron chi connectivity index (χ2n) is 5.20. The Hall–Kier alpha value is -0.120. The van der Waals surface area contributed by atoms with E-state index in [0.717, 1.165) is 26.1 Å². The molecule has 3 heteroatoms. The Labute approximate surface area is 93.1 Å². The Morgan fingerprint density at radius 2 is 1.73 bits per heavy atom. The Morgan fingerprint density at radius 1 is 1.07 bits per heavy atom. The molecule has 0 radical (unpaired) electrons. The fourth-order valence-electron chi connectivity index (χ4n) is 3.03. The molecule has 0 saturated carbocycles. The smallest absolute Gasteiger partial charge is 0.123 e. The van der Waals surface area contributed by atoms with Crippen LogP contribution < -0.4 is 0 Å². The fraction of sp³-hybridized carbons (Fsp3) is 1.00. The summed E-state index contributed by atoms with van der Waals surface area (Å²) in [4.78, 5) is 4.72. The van der Waals surface area contributed by atoms with Crippen molar-refractivity contribution in [3.8, 4) is 0 Å². The van der Waals surface area contributed by atoms with Gasteiger partial charge >= 0.3 is 0 Å². The molecular formula is C12H24N2O. The molecule has 1 N–H and O–H groups in total. The first-order valence-corrected chi connectivity index (χ1v) is 6.38. The number of hydrogen-bond acceptors (Lipinski definition) is 3. The van der Waals surface area contributed by atoms with Gasteiger partial charge in [0.25, 0.3) is 0 Å². The Bertz CT molecular complexity index is 202. The number of rotatable bonds is 3. The average Bonchev–Trinajstić information content (AvgIpc) is 2.88. The van der Waals surface area contributed by atoms with Crippen LogP contribution in [0.5, 0.6) is 0 Å². The first kappa shape index (κ1) is 11.4. The van der Waals surface area contributed by atoms with E-state index in [2.05, 4.69) is 23.6 Å². The highest BCUT2D eigenvalue weighted by Crippen LogP contribution is 2.25. The van der Waals surface area contributed by atoms with Crippen molar-refractivity contribution < 1.29 is 5.11 Å². The van der Waals surface area contributed by atoms with Gasteiger partial charge < -0.3 is 5.11 Å². The lowest BCUT2D eigenvalue weighted by Crippen LogP contribution is -2.50. The van der Waals surface area contributed by atoms with Crippen molar-refractivity contribution in [2.45, 2.75) is 57.8 Å². The Balaban J connectivity index is 1.95. The molecule has 0 aliphatic carbocycles. The highest BCUT2D eigenvalue weighted by Gasteiger charge is 2.35. The van der Waals surface area contributed by atoms with Crippen LogP contribution in [0.25, 0.3) is 0 Å². The van der Waals surface area contributed by atoms with Gasteiger partial charge in [0.15, 0.2) is 0 Å². The molecule has 2 fully saturated rings. The molecule has 2 aliphatic heterocycles. The summed E-state index contributed by atoms with van der Waals surface area (Å²) in [5, 5.41) is 10.4. The number of aliphatic hydroxyl groups excluding tert-OH is 1. The molecule has 3 nitrogen and oxygen atoms in total. The second-order valence-corrected chi connectivity index (χ2v) is 5.20. The van der Waals surface area contributed by atoms with Crippen LogP contribution in [0.2, 0.25) is 0 Å². The van der Waals surface area contributed by atoms with E-state index in [1.165, 1.54) is 19.3 Å². The third kappa shape index (κ3) is 2.35. The molecule has 2 atom stereocenters. The third-order valence-electron chi connectivity index (χ3n) is 3.86. The normalized spacial score (nSPS) is 31.6. The molecule has 0 aromatic carbocycles. The van der Waals surface area contributed by atoms with Gasteiger partial charge in [-0.1, -0.05) is 0 Å². The molecule has 0 aromatic rings. The van der Waals surface area contributed by atoms with Gasteiger partial charge in [-0.25, -0.2) is 0 Å². The fourth-order valence-corrected chi connectivity index (χ4v) is 3.03. The van der Waals surface area contributed by atoms with Gasteiger partial charge in [0.2, 0.25) is 0 Å². The molecule has 2 saturated heterocycles. The summed E-state index contributed by atoms with van der Waals surface area (Å²) in [6.45, 7) is 7.80. The van der Waals surface area contributed by atoms with Crippen molar-refractivity contribution in [2.24, 2.45) is 0 Å². The summed E-state index contributed by atoms with van der Waals surface area (Å²) in [5.41, 5.74) is 0. The summed E-state index contributed by atoms with van der Waals surface area (Å²) in [6, 6.07) is 0.942. The maximum Gasteiger partial charge on any atom is 0.123 e. The van der Waals surface area contributed by atoms with Crippen LogP contribution in [0.15, 0.2) is 0 Å². The Kier molecular flexibility index (Phi) is 3.65. The SMILES string of the molecule is CC(C)N1CCCC1C(O)N1CCCC1. The van der Waals surface area contributed by atoms with Crippen LogP contribution >= 0.6 is 0 Å². The minimum Gasteiger partial charge on any atom is -0.377 e. The highest BCUT2D eigenvalue weighted by molar-refractivity contribution is 4.88. The van der Waals surface area contributed by atoms with E-state index in [-0.39, 0.29) is 6.23 Å². The first-order valence-electron chi connectivity index (χ1n) is 6.38. The van der Waals surface area contributed by atoms with Gasteiger partial charge in [0.1, 0.15) is 6.23 Å². The van der Waals surface area contributed by atoms with E-state index in [9.17, 15) is 5.11 Å². The molecule has 2 unspecified atom stereocenters. The second kappa shape index (κ2) is 4.81. The van der Waals surface area contributed by atoms with Gasteiger partial charge in [0.05, 0.1) is 0 Å². The van der Waals surface area contributed by atoms with Gasteiger partial charge in [-0.05, 0) is 46.1 Å². The molecule has 0 spiro atoms. The van der Waals surface area contributed by atoms with E-state index in [0.29, 0.717) is 12.1 Å². The summed E-state index contributed by atoms with van der Waals surface area (Å²) < 4.78 is 0. The van der Waals surface area contributed by atoms with Crippen LogP contribution in [0.4, 0.5) is 0 Å². The molecule has 0 amide bonds. The van der Waals surface area contributed by atoms with E-state index in [1.807, 2.05) is 0 Å². The van der Waals surface area contributed by atoms with E-state index >= 15 is 0 Å². The molecule has 2 aliphatic rings. The minimum atomic E-state index is -0.225. The average molecular weight is 212 g/mol. The lowest BCUT2D eigenvalue weighted by atomic mass is 10.1. The number of likely N-dealkylation sites (tertiary alicyclic amines) is 2. The van der Waals surface area contributed by atoms with Gasteiger partial charge in [0, 0.05) is 25.2 Å². The van der Waals surface area contributed by atoms with Crippen molar-refractivity contribution in [1.82, 2.24) is 9.80 Å².